The van der Waals surface area contributed by atoms with Crippen LogP contribution >= 0.6 is 0 Å². The molecular weight excluding hydrogens is 314 g/mol. The number of carbonyl (C=O) groups excluding carboxylic acids is 2. The summed E-state index contributed by atoms with van der Waals surface area (Å²) in [5.74, 6) is 0.471. The summed E-state index contributed by atoms with van der Waals surface area (Å²) in [6.07, 6.45) is 1.59. The third-order valence-electron chi connectivity index (χ3n) is 5.59. The highest BCUT2D eigenvalue weighted by atomic mass is 16.2. The Bertz CT molecular complexity index is 620. The lowest BCUT2D eigenvalue weighted by Crippen LogP contribution is -2.55. The van der Waals surface area contributed by atoms with Crippen molar-refractivity contribution in [3.63, 3.8) is 0 Å². The molecule has 2 fully saturated rings. The largest absolute Gasteiger partial charge is 0.365 e. The van der Waals surface area contributed by atoms with Crippen LogP contribution in [0, 0.1) is 12.8 Å². The zero-order valence-electron chi connectivity index (χ0n) is 15.6. The smallest absolute Gasteiger partial charge is 0.225 e. The van der Waals surface area contributed by atoms with Crippen LogP contribution in [0.4, 0.5) is 5.69 Å². The second-order valence-electron chi connectivity index (χ2n) is 7.44. The number of piperidine rings is 1. The highest BCUT2D eigenvalue weighted by molar-refractivity contribution is 5.80. The van der Waals surface area contributed by atoms with Gasteiger partial charge in [-0.15, -0.1) is 0 Å². The monoisotopic (exact) mass is 343 g/mol. The zero-order chi connectivity index (χ0) is 18.0. The van der Waals surface area contributed by atoms with Crippen molar-refractivity contribution in [1.82, 2.24) is 9.80 Å². The van der Waals surface area contributed by atoms with Crippen LogP contribution in [-0.2, 0) is 9.59 Å². The molecule has 2 aliphatic rings. The van der Waals surface area contributed by atoms with Gasteiger partial charge in [-0.3, -0.25) is 9.59 Å². The Kier molecular flexibility index (Phi) is 5.30. The summed E-state index contributed by atoms with van der Waals surface area (Å²) in [4.78, 5) is 30.6. The number of rotatable bonds is 2. The molecule has 0 saturated carbocycles. The minimum absolute atomic E-state index is 0.0775. The van der Waals surface area contributed by atoms with E-state index in [9.17, 15) is 9.59 Å². The first-order chi connectivity index (χ1) is 12.0. The number of hydrogen-bond acceptors (Lipinski definition) is 3. The number of piperazine rings is 1. The zero-order valence-corrected chi connectivity index (χ0v) is 15.6. The van der Waals surface area contributed by atoms with Crippen molar-refractivity contribution in [2.24, 2.45) is 5.92 Å². The molecular formula is C20H29N3O2. The predicted molar refractivity (Wildman–Crippen MR) is 99.5 cm³/mol. The maximum absolute atomic E-state index is 12.9. The average molecular weight is 343 g/mol. The van der Waals surface area contributed by atoms with Crippen LogP contribution in [0.5, 0.6) is 0 Å². The Hall–Kier alpha value is -2.04. The highest BCUT2D eigenvalue weighted by Crippen LogP contribution is 2.24. The van der Waals surface area contributed by atoms with Gasteiger partial charge in [0, 0.05) is 57.3 Å². The summed E-state index contributed by atoms with van der Waals surface area (Å²) in [7, 11) is 0. The van der Waals surface area contributed by atoms with Gasteiger partial charge >= 0.3 is 0 Å². The molecule has 136 valence electrons. The molecule has 0 radical (unpaired) electrons. The van der Waals surface area contributed by atoms with Crippen molar-refractivity contribution in [3.8, 4) is 0 Å². The number of nitrogens with zero attached hydrogens (tertiary/aromatic N) is 3. The van der Waals surface area contributed by atoms with Crippen LogP contribution in [0.2, 0.25) is 0 Å². The SMILES string of the molecule is CC(=O)N1CCC(C(=O)N2CCN(c3ccc(C)cc3)[C@H](C)C2)CC1. The van der Waals surface area contributed by atoms with E-state index in [1.807, 2.05) is 9.80 Å². The van der Waals surface area contributed by atoms with Crippen LogP contribution in [-0.4, -0.2) is 60.4 Å². The van der Waals surface area contributed by atoms with Crippen LogP contribution in [0.3, 0.4) is 0 Å². The number of anilines is 1. The third-order valence-corrected chi connectivity index (χ3v) is 5.59. The van der Waals surface area contributed by atoms with E-state index >= 15 is 0 Å². The Balaban J connectivity index is 1.56. The van der Waals surface area contributed by atoms with Crippen LogP contribution < -0.4 is 4.90 Å². The number of amides is 2. The predicted octanol–water partition coefficient (Wildman–Crippen LogP) is 2.29. The van der Waals surface area contributed by atoms with E-state index in [4.69, 9.17) is 0 Å². The molecule has 5 nitrogen and oxygen atoms in total. The van der Waals surface area contributed by atoms with Gasteiger partial charge < -0.3 is 14.7 Å². The number of hydrogen-bond donors (Lipinski definition) is 0. The van der Waals surface area contributed by atoms with Crippen molar-refractivity contribution in [2.75, 3.05) is 37.6 Å². The molecule has 3 rings (SSSR count). The minimum atomic E-state index is 0.0775. The molecule has 1 aromatic rings. The van der Waals surface area contributed by atoms with Gasteiger partial charge in [0.1, 0.15) is 0 Å². The summed E-state index contributed by atoms with van der Waals surface area (Å²) in [6, 6.07) is 8.93. The molecule has 0 N–H and O–H groups in total. The van der Waals surface area contributed by atoms with Gasteiger partial charge in [-0.05, 0) is 38.8 Å². The first-order valence-electron chi connectivity index (χ1n) is 9.33. The number of benzene rings is 1. The van der Waals surface area contributed by atoms with E-state index in [0.717, 1.165) is 32.5 Å². The number of likely N-dealkylation sites (tertiary alicyclic amines) is 1. The second-order valence-corrected chi connectivity index (χ2v) is 7.44. The van der Waals surface area contributed by atoms with Gasteiger partial charge in [0.05, 0.1) is 0 Å². The summed E-state index contributed by atoms with van der Waals surface area (Å²) in [6.45, 7) is 9.76. The van der Waals surface area contributed by atoms with Gasteiger partial charge in [-0.25, -0.2) is 0 Å². The second kappa shape index (κ2) is 7.46. The normalized spacial score (nSPS) is 22.2. The van der Waals surface area contributed by atoms with Gasteiger partial charge in [0.2, 0.25) is 11.8 Å². The fourth-order valence-electron chi connectivity index (χ4n) is 3.98. The van der Waals surface area contributed by atoms with E-state index < -0.39 is 0 Å². The van der Waals surface area contributed by atoms with Crippen molar-refractivity contribution in [1.29, 1.82) is 0 Å². The lowest BCUT2D eigenvalue weighted by atomic mass is 9.94. The fraction of sp³-hybridized carbons (Fsp3) is 0.600. The molecule has 2 heterocycles. The molecule has 0 aromatic heterocycles. The standard InChI is InChI=1S/C20H29N3O2/c1-15-4-6-19(7-5-15)23-13-12-22(14-16(23)2)20(25)18-8-10-21(11-9-18)17(3)24/h4-7,16,18H,8-14H2,1-3H3/t16-/m1/s1. The van der Waals surface area contributed by atoms with E-state index in [1.54, 1.807) is 6.92 Å². The van der Waals surface area contributed by atoms with Gasteiger partial charge in [-0.2, -0.15) is 0 Å². The van der Waals surface area contributed by atoms with Crippen molar-refractivity contribution >= 4 is 17.5 Å². The molecule has 1 aromatic carbocycles. The number of aryl methyl sites for hydroxylation is 1. The Morgan fingerprint density at radius 3 is 2.16 bits per heavy atom. The third kappa shape index (κ3) is 3.97. The Morgan fingerprint density at radius 2 is 1.60 bits per heavy atom. The number of carbonyl (C=O) groups is 2. The van der Waals surface area contributed by atoms with Crippen LogP contribution in [0.25, 0.3) is 0 Å². The Morgan fingerprint density at radius 1 is 0.960 bits per heavy atom. The fourth-order valence-corrected chi connectivity index (χ4v) is 3.98. The molecule has 2 amide bonds. The molecule has 2 saturated heterocycles. The molecule has 0 bridgehead atoms. The molecule has 0 aliphatic carbocycles. The van der Waals surface area contributed by atoms with Gasteiger partial charge in [0.25, 0.3) is 0 Å². The highest BCUT2D eigenvalue weighted by Gasteiger charge is 2.33. The molecule has 1 atom stereocenters. The summed E-state index contributed by atoms with van der Waals surface area (Å²) >= 11 is 0. The molecule has 0 spiro atoms. The molecule has 0 unspecified atom stereocenters. The van der Waals surface area contributed by atoms with Gasteiger partial charge in [0.15, 0.2) is 0 Å². The summed E-state index contributed by atoms with van der Waals surface area (Å²) in [5, 5.41) is 0. The average Bonchev–Trinajstić information content (AvgIpc) is 2.62. The van der Waals surface area contributed by atoms with Crippen molar-refractivity contribution in [3.05, 3.63) is 29.8 Å². The summed E-state index contributed by atoms with van der Waals surface area (Å²) < 4.78 is 0. The Labute approximate surface area is 150 Å². The lowest BCUT2D eigenvalue weighted by Gasteiger charge is -2.43. The maximum Gasteiger partial charge on any atom is 0.225 e. The summed E-state index contributed by atoms with van der Waals surface area (Å²) in [5.41, 5.74) is 2.50. The van der Waals surface area contributed by atoms with E-state index in [1.165, 1.54) is 11.3 Å². The van der Waals surface area contributed by atoms with E-state index in [2.05, 4.69) is 43.0 Å². The van der Waals surface area contributed by atoms with Crippen LogP contribution in [0.15, 0.2) is 24.3 Å². The topological polar surface area (TPSA) is 43.9 Å². The lowest BCUT2D eigenvalue weighted by molar-refractivity contribution is -0.140. The first-order valence-corrected chi connectivity index (χ1v) is 9.33. The van der Waals surface area contributed by atoms with Crippen LogP contribution in [0.1, 0.15) is 32.3 Å². The quantitative estimate of drug-likeness (QED) is 0.828. The van der Waals surface area contributed by atoms with Gasteiger partial charge in [-0.1, -0.05) is 17.7 Å². The molecule has 25 heavy (non-hydrogen) atoms. The van der Waals surface area contributed by atoms with E-state index in [-0.39, 0.29) is 17.7 Å². The molecule has 2 aliphatic heterocycles. The van der Waals surface area contributed by atoms with Crippen molar-refractivity contribution < 1.29 is 9.59 Å². The maximum atomic E-state index is 12.9. The first kappa shape index (κ1) is 17.8. The van der Waals surface area contributed by atoms with Crippen molar-refractivity contribution in [2.45, 2.75) is 39.7 Å². The minimum Gasteiger partial charge on any atom is -0.365 e. The molecule has 5 heteroatoms. The van der Waals surface area contributed by atoms with E-state index in [0.29, 0.717) is 19.1 Å².